The predicted molar refractivity (Wildman–Crippen MR) is 112 cm³/mol. The van der Waals surface area contributed by atoms with Gasteiger partial charge in [0.05, 0.1) is 23.0 Å². The van der Waals surface area contributed by atoms with Crippen LogP contribution in [0.1, 0.15) is 5.56 Å². The number of sulfonamides is 1. The summed E-state index contributed by atoms with van der Waals surface area (Å²) in [6, 6.07) is 18.0. The van der Waals surface area contributed by atoms with Gasteiger partial charge in [-0.2, -0.15) is 5.10 Å². The van der Waals surface area contributed by atoms with E-state index in [1.807, 2.05) is 0 Å². The van der Waals surface area contributed by atoms with E-state index < -0.39 is 22.5 Å². The van der Waals surface area contributed by atoms with Crippen LogP contribution in [0.15, 0.2) is 89.1 Å². The number of halogens is 1. The van der Waals surface area contributed by atoms with E-state index in [9.17, 15) is 13.2 Å². The third-order valence-corrected chi connectivity index (χ3v) is 5.83. The number of hydrogen-bond acceptors (Lipinski definition) is 5. The first-order valence-corrected chi connectivity index (χ1v) is 10.3. The standard InChI is InChI=1S/C20H17ClN4O3S/c21-17-7-4-6-16(12-17)13-23-24-20(26)15-25(18-8-5-11-22-14-18)29(27,28)19-9-2-1-3-10-19/h1-14H,15H2,(H,24,26)/b23-13-. The molecule has 1 heterocycles. The lowest BCUT2D eigenvalue weighted by Gasteiger charge is -2.23. The van der Waals surface area contributed by atoms with Gasteiger partial charge in [-0.1, -0.05) is 41.9 Å². The Morgan fingerprint density at radius 3 is 2.59 bits per heavy atom. The Balaban J connectivity index is 1.79. The Hall–Kier alpha value is -3.23. The molecule has 1 N–H and O–H groups in total. The summed E-state index contributed by atoms with van der Waals surface area (Å²) in [5.41, 5.74) is 3.30. The number of carbonyl (C=O) groups is 1. The zero-order chi connectivity index (χ0) is 20.7. The van der Waals surface area contributed by atoms with Gasteiger partial charge in [0, 0.05) is 11.2 Å². The Kier molecular flexibility index (Phi) is 6.58. The minimum Gasteiger partial charge on any atom is -0.271 e. The summed E-state index contributed by atoms with van der Waals surface area (Å²) in [5, 5.41) is 4.40. The molecule has 0 saturated carbocycles. The van der Waals surface area contributed by atoms with Crippen LogP contribution in [0, 0.1) is 0 Å². The van der Waals surface area contributed by atoms with Crippen LogP contribution in [0.4, 0.5) is 5.69 Å². The van der Waals surface area contributed by atoms with Crippen molar-refractivity contribution in [1.29, 1.82) is 0 Å². The first-order chi connectivity index (χ1) is 14.0. The van der Waals surface area contributed by atoms with E-state index in [1.54, 1.807) is 54.6 Å². The molecule has 1 aromatic heterocycles. The summed E-state index contributed by atoms with van der Waals surface area (Å²) in [6.45, 7) is -0.462. The first kappa shape index (κ1) is 20.5. The second-order valence-corrected chi connectivity index (χ2v) is 8.18. The van der Waals surface area contributed by atoms with Crippen LogP contribution in [-0.2, 0) is 14.8 Å². The molecule has 0 atom stereocenters. The maximum Gasteiger partial charge on any atom is 0.264 e. The third-order valence-electron chi connectivity index (χ3n) is 3.80. The van der Waals surface area contributed by atoms with Crippen LogP contribution < -0.4 is 9.73 Å². The molecule has 3 rings (SSSR count). The molecule has 148 valence electrons. The van der Waals surface area contributed by atoms with Crippen molar-refractivity contribution in [1.82, 2.24) is 10.4 Å². The van der Waals surface area contributed by atoms with Crippen molar-refractivity contribution in [2.75, 3.05) is 10.8 Å². The summed E-state index contributed by atoms with van der Waals surface area (Å²) in [4.78, 5) is 16.4. The predicted octanol–water partition coefficient (Wildman–Crippen LogP) is 3.08. The highest BCUT2D eigenvalue weighted by atomic mass is 35.5. The van der Waals surface area contributed by atoms with Crippen LogP contribution in [0.5, 0.6) is 0 Å². The Labute approximate surface area is 173 Å². The number of nitrogens with zero attached hydrogens (tertiary/aromatic N) is 3. The second kappa shape index (κ2) is 9.31. The van der Waals surface area contributed by atoms with Gasteiger partial charge in [0.2, 0.25) is 0 Å². The van der Waals surface area contributed by atoms with Crippen LogP contribution in [0.2, 0.25) is 5.02 Å². The maximum atomic E-state index is 13.1. The number of rotatable bonds is 7. The van der Waals surface area contributed by atoms with Gasteiger partial charge in [-0.15, -0.1) is 0 Å². The fourth-order valence-corrected chi connectivity index (χ4v) is 4.09. The Morgan fingerprint density at radius 2 is 1.90 bits per heavy atom. The molecule has 1 amide bonds. The van der Waals surface area contributed by atoms with Gasteiger partial charge in [-0.3, -0.25) is 14.1 Å². The number of anilines is 1. The van der Waals surface area contributed by atoms with E-state index in [1.165, 1.54) is 30.7 Å². The number of hydrazone groups is 1. The number of carbonyl (C=O) groups excluding carboxylic acids is 1. The van der Waals surface area contributed by atoms with E-state index in [2.05, 4.69) is 15.5 Å². The fraction of sp³-hybridized carbons (Fsp3) is 0.0500. The Bertz CT molecular complexity index is 1110. The second-order valence-electron chi connectivity index (χ2n) is 5.88. The molecule has 0 unspecified atom stereocenters. The molecule has 0 spiro atoms. The van der Waals surface area contributed by atoms with Gasteiger partial charge in [-0.05, 0) is 42.0 Å². The van der Waals surface area contributed by atoms with E-state index in [-0.39, 0.29) is 10.6 Å². The fourth-order valence-electron chi connectivity index (χ4n) is 2.47. The lowest BCUT2D eigenvalue weighted by molar-refractivity contribution is -0.119. The molecule has 0 bridgehead atoms. The van der Waals surface area contributed by atoms with E-state index in [4.69, 9.17) is 11.6 Å². The quantitative estimate of drug-likeness (QED) is 0.462. The molecule has 0 aliphatic carbocycles. The maximum absolute atomic E-state index is 13.1. The van der Waals surface area contributed by atoms with Crippen molar-refractivity contribution in [3.63, 3.8) is 0 Å². The topological polar surface area (TPSA) is 91.7 Å². The molecule has 0 aliphatic heterocycles. The number of amides is 1. The molecule has 0 saturated heterocycles. The normalized spacial score (nSPS) is 11.3. The Morgan fingerprint density at radius 1 is 1.10 bits per heavy atom. The molecule has 0 fully saturated rings. The molecular formula is C20H17ClN4O3S. The number of benzene rings is 2. The van der Waals surface area contributed by atoms with Gasteiger partial charge >= 0.3 is 0 Å². The number of hydrogen-bond donors (Lipinski definition) is 1. The number of nitrogens with one attached hydrogen (secondary N) is 1. The van der Waals surface area contributed by atoms with Gasteiger partial charge in [-0.25, -0.2) is 13.8 Å². The summed E-state index contributed by atoms with van der Waals surface area (Å²) >= 11 is 5.90. The third kappa shape index (κ3) is 5.40. The molecule has 0 aliphatic rings. The minimum atomic E-state index is -3.97. The molecular weight excluding hydrogens is 412 g/mol. The minimum absolute atomic E-state index is 0.0686. The molecule has 2 aromatic carbocycles. The van der Waals surface area contributed by atoms with Gasteiger partial charge in [0.15, 0.2) is 0 Å². The van der Waals surface area contributed by atoms with Crippen molar-refractivity contribution < 1.29 is 13.2 Å². The SMILES string of the molecule is O=C(CN(c1cccnc1)S(=O)(=O)c1ccccc1)N/N=C\c1cccc(Cl)c1. The highest BCUT2D eigenvalue weighted by Gasteiger charge is 2.27. The largest absolute Gasteiger partial charge is 0.271 e. The average molecular weight is 429 g/mol. The van der Waals surface area contributed by atoms with Gasteiger partial charge in [0.1, 0.15) is 6.54 Å². The monoisotopic (exact) mass is 428 g/mol. The van der Waals surface area contributed by atoms with E-state index in [0.29, 0.717) is 10.6 Å². The van der Waals surface area contributed by atoms with Crippen molar-refractivity contribution >= 4 is 39.4 Å². The van der Waals surface area contributed by atoms with Crippen molar-refractivity contribution in [3.05, 3.63) is 89.7 Å². The van der Waals surface area contributed by atoms with Crippen LogP contribution >= 0.6 is 11.6 Å². The number of pyridine rings is 1. The van der Waals surface area contributed by atoms with Gasteiger partial charge < -0.3 is 0 Å². The van der Waals surface area contributed by atoms with Crippen LogP contribution in [-0.4, -0.2) is 32.1 Å². The summed E-state index contributed by atoms with van der Waals surface area (Å²) in [7, 11) is -3.97. The zero-order valence-electron chi connectivity index (χ0n) is 15.1. The zero-order valence-corrected chi connectivity index (χ0v) is 16.7. The molecule has 9 heteroatoms. The molecule has 3 aromatic rings. The highest BCUT2D eigenvalue weighted by molar-refractivity contribution is 7.92. The summed E-state index contributed by atoms with van der Waals surface area (Å²) < 4.78 is 27.1. The highest BCUT2D eigenvalue weighted by Crippen LogP contribution is 2.22. The number of aromatic nitrogens is 1. The van der Waals surface area contributed by atoms with E-state index in [0.717, 1.165) is 4.31 Å². The van der Waals surface area contributed by atoms with Crippen LogP contribution in [0.3, 0.4) is 0 Å². The van der Waals surface area contributed by atoms with E-state index >= 15 is 0 Å². The summed E-state index contributed by atoms with van der Waals surface area (Å²) in [6.07, 6.45) is 4.32. The lowest BCUT2D eigenvalue weighted by atomic mass is 10.2. The molecule has 29 heavy (non-hydrogen) atoms. The van der Waals surface area contributed by atoms with Crippen molar-refractivity contribution in [2.24, 2.45) is 5.10 Å². The molecule has 0 radical (unpaired) electrons. The van der Waals surface area contributed by atoms with Crippen LogP contribution in [0.25, 0.3) is 0 Å². The van der Waals surface area contributed by atoms with Crippen molar-refractivity contribution in [2.45, 2.75) is 4.90 Å². The summed E-state index contributed by atoms with van der Waals surface area (Å²) in [5.74, 6) is -0.605. The average Bonchev–Trinajstić information content (AvgIpc) is 2.73. The van der Waals surface area contributed by atoms with Crippen molar-refractivity contribution in [3.8, 4) is 0 Å². The lowest BCUT2D eigenvalue weighted by Crippen LogP contribution is -2.39. The molecule has 7 nitrogen and oxygen atoms in total. The van der Waals surface area contributed by atoms with Gasteiger partial charge in [0.25, 0.3) is 15.9 Å². The first-order valence-electron chi connectivity index (χ1n) is 8.52. The smallest absolute Gasteiger partial charge is 0.264 e.